The molecule has 0 aliphatic heterocycles. The van der Waals surface area contributed by atoms with Crippen LogP contribution in [0, 0.1) is 13.8 Å². The van der Waals surface area contributed by atoms with E-state index in [-0.39, 0.29) is 0 Å². The average molecular weight is 254 g/mol. The van der Waals surface area contributed by atoms with E-state index in [1.54, 1.807) is 0 Å². The summed E-state index contributed by atoms with van der Waals surface area (Å²) in [5.41, 5.74) is 12.1. The number of anilines is 1. The minimum Gasteiger partial charge on any atom is -0.370 e. The summed E-state index contributed by atoms with van der Waals surface area (Å²) in [7, 11) is 2.13. The highest BCUT2D eigenvalue weighted by molar-refractivity contribution is 5.48. The summed E-state index contributed by atoms with van der Waals surface area (Å²) >= 11 is 0. The van der Waals surface area contributed by atoms with Crippen molar-refractivity contribution in [1.29, 1.82) is 0 Å². The molecule has 0 unspecified atom stereocenters. The number of hydrogen-bond donors (Lipinski definition) is 1. The third kappa shape index (κ3) is 3.36. The monoisotopic (exact) mass is 254 g/mol. The van der Waals surface area contributed by atoms with Crippen LogP contribution < -0.4 is 10.6 Å². The van der Waals surface area contributed by atoms with Crippen LogP contribution in [0.3, 0.4) is 0 Å². The van der Waals surface area contributed by atoms with Gasteiger partial charge in [0.2, 0.25) is 0 Å². The average Bonchev–Trinajstić information content (AvgIpc) is 2.41. The summed E-state index contributed by atoms with van der Waals surface area (Å²) in [6, 6.07) is 15.1. The first kappa shape index (κ1) is 13.6. The van der Waals surface area contributed by atoms with Crippen LogP contribution in [0.2, 0.25) is 0 Å². The predicted octanol–water partition coefficient (Wildman–Crippen LogP) is 3.40. The maximum absolute atomic E-state index is 5.67. The fourth-order valence-corrected chi connectivity index (χ4v) is 2.27. The zero-order valence-electron chi connectivity index (χ0n) is 12.0. The van der Waals surface area contributed by atoms with Gasteiger partial charge in [0.05, 0.1) is 0 Å². The molecule has 2 N–H and O–H groups in total. The number of benzene rings is 2. The summed E-state index contributed by atoms with van der Waals surface area (Å²) in [6.07, 6.45) is 0. The molecule has 2 aromatic carbocycles. The van der Waals surface area contributed by atoms with Crippen molar-refractivity contribution in [3.8, 4) is 0 Å². The van der Waals surface area contributed by atoms with Gasteiger partial charge >= 0.3 is 0 Å². The fourth-order valence-electron chi connectivity index (χ4n) is 2.27. The Bertz CT molecular complexity index is 561. The number of aryl methyl sites for hydroxylation is 2. The van der Waals surface area contributed by atoms with E-state index >= 15 is 0 Å². The summed E-state index contributed by atoms with van der Waals surface area (Å²) in [5, 5.41) is 0. The van der Waals surface area contributed by atoms with Crippen molar-refractivity contribution in [3.63, 3.8) is 0 Å². The number of nitrogens with two attached hydrogens (primary N) is 1. The topological polar surface area (TPSA) is 29.3 Å². The summed E-state index contributed by atoms with van der Waals surface area (Å²) in [4.78, 5) is 2.28. The van der Waals surface area contributed by atoms with Gasteiger partial charge in [-0.1, -0.05) is 30.3 Å². The van der Waals surface area contributed by atoms with Gasteiger partial charge in [0.25, 0.3) is 0 Å². The van der Waals surface area contributed by atoms with Crippen LogP contribution in [-0.2, 0) is 13.1 Å². The van der Waals surface area contributed by atoms with E-state index in [0.717, 1.165) is 6.54 Å². The van der Waals surface area contributed by atoms with Crippen molar-refractivity contribution >= 4 is 5.69 Å². The molecular formula is C17H22N2. The summed E-state index contributed by atoms with van der Waals surface area (Å²) in [6.45, 7) is 5.80. The lowest BCUT2D eigenvalue weighted by Crippen LogP contribution is -2.17. The Kier molecular flexibility index (Phi) is 4.23. The summed E-state index contributed by atoms with van der Waals surface area (Å²) < 4.78 is 0. The molecule has 0 saturated carbocycles. The van der Waals surface area contributed by atoms with Crippen molar-refractivity contribution in [2.24, 2.45) is 5.73 Å². The molecule has 0 fully saturated rings. The molecular weight excluding hydrogens is 232 g/mol. The normalized spacial score (nSPS) is 10.5. The van der Waals surface area contributed by atoms with Crippen LogP contribution in [0.25, 0.3) is 0 Å². The molecule has 2 rings (SSSR count). The molecule has 0 aromatic heterocycles. The van der Waals surface area contributed by atoms with E-state index in [1.807, 2.05) is 0 Å². The second-order valence-electron chi connectivity index (χ2n) is 5.16. The SMILES string of the molecule is Cc1cccc(N(C)Cc2ccc(CN)cc2C)c1. The van der Waals surface area contributed by atoms with Crippen LogP contribution in [0.1, 0.15) is 22.3 Å². The lowest BCUT2D eigenvalue weighted by molar-refractivity contribution is 0.909. The largest absolute Gasteiger partial charge is 0.370 e. The van der Waals surface area contributed by atoms with Gasteiger partial charge in [0.1, 0.15) is 0 Å². The number of hydrogen-bond acceptors (Lipinski definition) is 2. The van der Waals surface area contributed by atoms with Gasteiger partial charge in [0, 0.05) is 25.8 Å². The van der Waals surface area contributed by atoms with Gasteiger partial charge in [0.15, 0.2) is 0 Å². The second-order valence-corrected chi connectivity index (χ2v) is 5.16. The second kappa shape index (κ2) is 5.89. The van der Waals surface area contributed by atoms with Crippen molar-refractivity contribution in [3.05, 3.63) is 64.7 Å². The third-order valence-corrected chi connectivity index (χ3v) is 3.49. The van der Waals surface area contributed by atoms with E-state index in [1.165, 1.54) is 27.9 Å². The van der Waals surface area contributed by atoms with E-state index < -0.39 is 0 Å². The predicted molar refractivity (Wildman–Crippen MR) is 82.4 cm³/mol. The Morgan fingerprint density at radius 1 is 1.05 bits per heavy atom. The highest BCUT2D eigenvalue weighted by Crippen LogP contribution is 2.19. The van der Waals surface area contributed by atoms with Gasteiger partial charge in [-0.25, -0.2) is 0 Å². The van der Waals surface area contributed by atoms with Crippen molar-refractivity contribution in [2.45, 2.75) is 26.9 Å². The highest BCUT2D eigenvalue weighted by atomic mass is 15.1. The number of rotatable bonds is 4. The van der Waals surface area contributed by atoms with Gasteiger partial charge in [-0.3, -0.25) is 0 Å². The van der Waals surface area contributed by atoms with Gasteiger partial charge in [-0.15, -0.1) is 0 Å². The van der Waals surface area contributed by atoms with Gasteiger partial charge in [-0.2, -0.15) is 0 Å². The zero-order chi connectivity index (χ0) is 13.8. The smallest absolute Gasteiger partial charge is 0.0428 e. The van der Waals surface area contributed by atoms with Crippen LogP contribution in [-0.4, -0.2) is 7.05 Å². The van der Waals surface area contributed by atoms with Gasteiger partial charge < -0.3 is 10.6 Å². The van der Waals surface area contributed by atoms with E-state index in [4.69, 9.17) is 5.73 Å². The first-order chi connectivity index (χ1) is 9.10. The van der Waals surface area contributed by atoms with E-state index in [2.05, 4.69) is 68.3 Å². The molecule has 0 spiro atoms. The minimum atomic E-state index is 0.606. The Labute approximate surface area is 115 Å². The lowest BCUT2D eigenvalue weighted by atomic mass is 10.0. The fraction of sp³-hybridized carbons (Fsp3) is 0.294. The maximum atomic E-state index is 5.67. The molecule has 0 saturated heterocycles. The minimum absolute atomic E-state index is 0.606. The van der Waals surface area contributed by atoms with Crippen LogP contribution in [0.4, 0.5) is 5.69 Å². The highest BCUT2D eigenvalue weighted by Gasteiger charge is 2.05. The molecule has 0 atom stereocenters. The van der Waals surface area contributed by atoms with Crippen molar-refractivity contribution in [1.82, 2.24) is 0 Å². The first-order valence-corrected chi connectivity index (χ1v) is 6.66. The molecule has 0 aliphatic carbocycles. The molecule has 2 nitrogen and oxygen atoms in total. The lowest BCUT2D eigenvalue weighted by Gasteiger charge is -2.21. The standard InChI is InChI=1S/C17H22N2/c1-13-5-4-6-17(9-13)19(3)12-16-8-7-15(11-18)10-14(16)2/h4-10H,11-12,18H2,1-3H3. The number of nitrogens with zero attached hydrogens (tertiary/aromatic N) is 1. The Hall–Kier alpha value is -1.80. The van der Waals surface area contributed by atoms with Crippen LogP contribution >= 0.6 is 0 Å². The molecule has 0 bridgehead atoms. The van der Waals surface area contributed by atoms with Crippen LogP contribution in [0.5, 0.6) is 0 Å². The quantitative estimate of drug-likeness (QED) is 0.906. The molecule has 19 heavy (non-hydrogen) atoms. The molecule has 0 aliphatic rings. The van der Waals surface area contributed by atoms with E-state index in [0.29, 0.717) is 6.54 Å². The van der Waals surface area contributed by atoms with Gasteiger partial charge in [-0.05, 0) is 48.2 Å². The zero-order valence-corrected chi connectivity index (χ0v) is 12.0. The van der Waals surface area contributed by atoms with Crippen molar-refractivity contribution < 1.29 is 0 Å². The Balaban J connectivity index is 2.17. The molecule has 0 heterocycles. The Morgan fingerprint density at radius 2 is 1.84 bits per heavy atom. The molecule has 2 heteroatoms. The first-order valence-electron chi connectivity index (χ1n) is 6.66. The van der Waals surface area contributed by atoms with Crippen LogP contribution in [0.15, 0.2) is 42.5 Å². The molecule has 0 radical (unpaired) electrons. The van der Waals surface area contributed by atoms with Crippen molar-refractivity contribution in [2.75, 3.05) is 11.9 Å². The maximum Gasteiger partial charge on any atom is 0.0428 e. The van der Waals surface area contributed by atoms with E-state index in [9.17, 15) is 0 Å². The Morgan fingerprint density at radius 3 is 2.47 bits per heavy atom. The molecule has 100 valence electrons. The molecule has 2 aromatic rings. The summed E-state index contributed by atoms with van der Waals surface area (Å²) in [5.74, 6) is 0. The molecule has 0 amide bonds. The third-order valence-electron chi connectivity index (χ3n) is 3.49.